The van der Waals surface area contributed by atoms with Gasteiger partial charge in [-0.3, -0.25) is 9.79 Å². The predicted molar refractivity (Wildman–Crippen MR) is 113 cm³/mol. The number of guanidine groups is 1. The Bertz CT molecular complexity index is 588. The molecule has 1 rings (SSSR count). The Morgan fingerprint density at radius 1 is 1.20 bits per heavy atom. The Balaban J connectivity index is 0.00000576. The van der Waals surface area contributed by atoms with Gasteiger partial charge in [-0.25, -0.2) is 8.42 Å². The molecule has 25 heavy (non-hydrogen) atoms. The number of carbonyl (C=O) groups excluding carboxylic acids is 1. The van der Waals surface area contributed by atoms with Crippen molar-refractivity contribution in [2.75, 3.05) is 38.5 Å². The summed E-state index contributed by atoms with van der Waals surface area (Å²) in [6.45, 7) is 13.5. The van der Waals surface area contributed by atoms with Crippen molar-refractivity contribution >= 4 is 45.7 Å². The number of nitrogens with one attached hydrogen (secondary N) is 2. The van der Waals surface area contributed by atoms with Crippen LogP contribution in [0.15, 0.2) is 4.99 Å². The Morgan fingerprint density at radius 2 is 1.76 bits per heavy atom. The molecule has 1 aliphatic heterocycles. The van der Waals surface area contributed by atoms with Crippen LogP contribution in [0.2, 0.25) is 0 Å². The first kappa shape index (κ1) is 24.4. The maximum Gasteiger partial charge on any atom is 0.227 e. The number of hydrogen-bond donors (Lipinski definition) is 2. The third-order valence-corrected chi connectivity index (χ3v) is 6.79. The third-order valence-electron chi connectivity index (χ3n) is 4.25. The molecule has 0 aromatic rings. The van der Waals surface area contributed by atoms with Gasteiger partial charge in [0.2, 0.25) is 5.91 Å². The molecule has 0 saturated carbocycles. The zero-order chi connectivity index (χ0) is 18.6. The van der Waals surface area contributed by atoms with E-state index in [2.05, 4.69) is 15.6 Å². The minimum atomic E-state index is -3.10. The van der Waals surface area contributed by atoms with Crippen molar-refractivity contribution in [1.29, 1.82) is 0 Å². The van der Waals surface area contributed by atoms with E-state index in [1.807, 2.05) is 32.6 Å². The van der Waals surface area contributed by atoms with Crippen LogP contribution in [0.5, 0.6) is 0 Å². The summed E-state index contributed by atoms with van der Waals surface area (Å²) < 4.78 is 23.5. The normalized spacial score (nSPS) is 19.8. The van der Waals surface area contributed by atoms with Gasteiger partial charge in [0, 0.05) is 26.2 Å². The molecule has 0 aliphatic carbocycles. The number of sulfone groups is 1. The van der Waals surface area contributed by atoms with E-state index < -0.39 is 20.0 Å². The first-order chi connectivity index (χ1) is 11.0. The van der Waals surface area contributed by atoms with Crippen molar-refractivity contribution in [3.63, 3.8) is 0 Å². The minimum absolute atomic E-state index is 0. The van der Waals surface area contributed by atoms with E-state index in [1.54, 1.807) is 13.8 Å². The van der Waals surface area contributed by atoms with Gasteiger partial charge in [-0.15, -0.1) is 24.0 Å². The highest BCUT2D eigenvalue weighted by Gasteiger charge is 2.41. The minimum Gasteiger partial charge on any atom is -0.357 e. The van der Waals surface area contributed by atoms with Gasteiger partial charge in [-0.1, -0.05) is 0 Å². The van der Waals surface area contributed by atoms with E-state index in [9.17, 15) is 13.2 Å². The van der Waals surface area contributed by atoms with Gasteiger partial charge in [0.1, 0.15) is 0 Å². The standard InChI is InChI=1S/C16H32N4O3S.HI/c1-7-17-13(21)15(3,4)11-19-14(18-8-2)20-9-10-24(22,23)16(5,6)12-20;/h7-12H2,1-6H3,(H,17,21)(H,18,19);1H. The molecule has 0 atom stereocenters. The number of rotatable bonds is 5. The smallest absolute Gasteiger partial charge is 0.227 e. The zero-order valence-corrected chi connectivity index (χ0v) is 19.3. The van der Waals surface area contributed by atoms with E-state index in [0.717, 1.165) is 0 Å². The molecule has 1 fully saturated rings. The van der Waals surface area contributed by atoms with Crippen molar-refractivity contribution in [1.82, 2.24) is 15.5 Å². The first-order valence-electron chi connectivity index (χ1n) is 8.50. The number of hydrogen-bond acceptors (Lipinski definition) is 4. The SMILES string of the molecule is CCNC(=O)C(C)(C)CN=C(NCC)N1CCS(=O)(=O)C(C)(C)C1.I. The molecule has 148 valence electrons. The summed E-state index contributed by atoms with van der Waals surface area (Å²) in [5.41, 5.74) is -0.617. The lowest BCUT2D eigenvalue weighted by atomic mass is 9.92. The number of nitrogens with zero attached hydrogens (tertiary/aromatic N) is 2. The molecule has 0 aromatic heterocycles. The summed E-state index contributed by atoms with van der Waals surface area (Å²) >= 11 is 0. The van der Waals surface area contributed by atoms with Crippen LogP contribution < -0.4 is 10.6 Å². The number of carbonyl (C=O) groups is 1. The summed E-state index contributed by atoms with van der Waals surface area (Å²) in [5, 5.41) is 6.03. The van der Waals surface area contributed by atoms with Crippen LogP contribution in [0, 0.1) is 5.41 Å². The lowest BCUT2D eigenvalue weighted by molar-refractivity contribution is -0.128. The fraction of sp³-hybridized carbons (Fsp3) is 0.875. The predicted octanol–water partition coefficient (Wildman–Crippen LogP) is 1.24. The molecule has 9 heteroatoms. The number of halogens is 1. The molecule has 7 nitrogen and oxygen atoms in total. The molecule has 0 aromatic carbocycles. The van der Waals surface area contributed by atoms with Crippen molar-refractivity contribution < 1.29 is 13.2 Å². The zero-order valence-electron chi connectivity index (χ0n) is 16.2. The second-order valence-electron chi connectivity index (χ2n) is 7.41. The second-order valence-corrected chi connectivity index (χ2v) is 10.2. The topological polar surface area (TPSA) is 90.9 Å². The highest BCUT2D eigenvalue weighted by molar-refractivity contribution is 14.0. The average Bonchev–Trinajstić information content (AvgIpc) is 2.46. The van der Waals surface area contributed by atoms with E-state index in [-0.39, 0.29) is 35.6 Å². The molecular weight excluding hydrogens is 455 g/mol. The van der Waals surface area contributed by atoms with Crippen molar-refractivity contribution in [3.05, 3.63) is 0 Å². The van der Waals surface area contributed by atoms with E-state index in [0.29, 0.717) is 38.7 Å². The quantitative estimate of drug-likeness (QED) is 0.345. The maximum absolute atomic E-state index is 12.2. The summed E-state index contributed by atoms with van der Waals surface area (Å²) in [6, 6.07) is 0. The van der Waals surface area contributed by atoms with Crippen molar-refractivity contribution in [2.45, 2.75) is 46.3 Å². The van der Waals surface area contributed by atoms with Crippen LogP contribution in [0.25, 0.3) is 0 Å². The van der Waals surface area contributed by atoms with Crippen LogP contribution in [0.1, 0.15) is 41.5 Å². The van der Waals surface area contributed by atoms with Crippen LogP contribution in [0.3, 0.4) is 0 Å². The Hall–Kier alpha value is -0.580. The van der Waals surface area contributed by atoms with Gasteiger partial charge < -0.3 is 15.5 Å². The van der Waals surface area contributed by atoms with E-state index in [1.165, 1.54) is 0 Å². The van der Waals surface area contributed by atoms with Gasteiger partial charge >= 0.3 is 0 Å². The van der Waals surface area contributed by atoms with E-state index in [4.69, 9.17) is 0 Å². The summed E-state index contributed by atoms with van der Waals surface area (Å²) in [5.74, 6) is 0.744. The monoisotopic (exact) mass is 488 g/mol. The lowest BCUT2D eigenvalue weighted by Crippen LogP contribution is -2.57. The maximum atomic E-state index is 12.2. The molecule has 0 bridgehead atoms. The summed E-state index contributed by atoms with van der Waals surface area (Å²) in [7, 11) is -3.10. The van der Waals surface area contributed by atoms with Gasteiger partial charge in [0.05, 0.1) is 22.5 Å². The highest BCUT2D eigenvalue weighted by Crippen LogP contribution is 2.24. The Labute approximate surface area is 169 Å². The Morgan fingerprint density at radius 3 is 2.24 bits per heavy atom. The van der Waals surface area contributed by atoms with Crippen LogP contribution in [-0.4, -0.2) is 68.4 Å². The molecule has 1 aliphatic rings. The molecule has 1 heterocycles. The fourth-order valence-corrected chi connectivity index (χ4v) is 3.86. The molecule has 0 radical (unpaired) electrons. The summed E-state index contributed by atoms with van der Waals surface area (Å²) in [6.07, 6.45) is 0. The van der Waals surface area contributed by atoms with Crippen LogP contribution in [0.4, 0.5) is 0 Å². The fourth-order valence-electron chi connectivity index (χ4n) is 2.49. The average molecular weight is 488 g/mol. The van der Waals surface area contributed by atoms with Gasteiger partial charge in [-0.2, -0.15) is 0 Å². The van der Waals surface area contributed by atoms with Gasteiger partial charge in [0.25, 0.3) is 0 Å². The first-order valence-corrected chi connectivity index (χ1v) is 10.2. The van der Waals surface area contributed by atoms with E-state index >= 15 is 0 Å². The van der Waals surface area contributed by atoms with Gasteiger partial charge in [0.15, 0.2) is 15.8 Å². The van der Waals surface area contributed by atoms with Gasteiger partial charge in [-0.05, 0) is 41.5 Å². The molecule has 0 spiro atoms. The third kappa shape index (κ3) is 6.26. The largest absolute Gasteiger partial charge is 0.357 e. The molecule has 1 amide bonds. The molecular formula is C16H33IN4O3S. The molecule has 1 saturated heterocycles. The summed E-state index contributed by atoms with van der Waals surface area (Å²) in [4.78, 5) is 18.7. The number of amides is 1. The molecule has 2 N–H and O–H groups in total. The van der Waals surface area contributed by atoms with Crippen molar-refractivity contribution in [2.24, 2.45) is 10.4 Å². The van der Waals surface area contributed by atoms with Crippen LogP contribution >= 0.6 is 24.0 Å². The number of aliphatic imine (C=N–C) groups is 1. The second kappa shape index (κ2) is 9.38. The Kier molecular flexibility index (Phi) is 9.17. The highest BCUT2D eigenvalue weighted by atomic mass is 127. The molecule has 0 unspecified atom stereocenters. The van der Waals surface area contributed by atoms with Crippen molar-refractivity contribution in [3.8, 4) is 0 Å². The van der Waals surface area contributed by atoms with Crippen LogP contribution in [-0.2, 0) is 14.6 Å². The lowest BCUT2D eigenvalue weighted by Gasteiger charge is -2.39.